The fraction of sp³-hybridized carbons (Fsp3) is 0.308. The van der Waals surface area contributed by atoms with E-state index in [1.165, 1.54) is 24.3 Å². The van der Waals surface area contributed by atoms with E-state index >= 15 is 0 Å². The molecule has 0 spiro atoms. The van der Waals surface area contributed by atoms with Gasteiger partial charge >= 0.3 is 5.97 Å². The summed E-state index contributed by atoms with van der Waals surface area (Å²) in [6.07, 6.45) is 0. The van der Waals surface area contributed by atoms with Crippen LogP contribution in [0.25, 0.3) is 0 Å². The molecule has 0 aromatic heterocycles. The van der Waals surface area contributed by atoms with Crippen molar-refractivity contribution in [3.05, 3.63) is 30.1 Å². The van der Waals surface area contributed by atoms with Crippen molar-refractivity contribution in [1.29, 1.82) is 5.26 Å². The van der Waals surface area contributed by atoms with E-state index in [0.29, 0.717) is 5.69 Å². The number of nitrogens with one attached hydrogen (secondary N) is 1. The number of carbonyl (C=O) groups is 2. The Bertz CT molecular complexity index is 513. The quantitative estimate of drug-likeness (QED) is 0.812. The fourth-order valence-corrected chi connectivity index (χ4v) is 1.90. The molecule has 0 unspecified atom stereocenters. The van der Waals surface area contributed by atoms with E-state index in [0.717, 1.165) is 11.8 Å². The van der Waals surface area contributed by atoms with Gasteiger partial charge in [0, 0.05) is 5.69 Å². The van der Waals surface area contributed by atoms with Crippen LogP contribution in [-0.4, -0.2) is 29.5 Å². The van der Waals surface area contributed by atoms with Crippen LogP contribution in [0.2, 0.25) is 0 Å². The molecule has 0 saturated heterocycles. The fourth-order valence-electron chi connectivity index (χ4n) is 1.22. The molecular formula is C13H13FN2O3S. The molecular weight excluding hydrogens is 283 g/mol. The molecule has 1 N–H and O–H groups in total. The molecule has 20 heavy (non-hydrogen) atoms. The van der Waals surface area contributed by atoms with Crippen LogP contribution in [0.1, 0.15) is 6.92 Å². The molecule has 5 nitrogen and oxygen atoms in total. The number of hydrogen-bond acceptors (Lipinski definition) is 5. The zero-order chi connectivity index (χ0) is 15.0. The van der Waals surface area contributed by atoms with Crippen molar-refractivity contribution in [2.75, 3.05) is 17.7 Å². The van der Waals surface area contributed by atoms with Gasteiger partial charge < -0.3 is 10.1 Å². The summed E-state index contributed by atoms with van der Waals surface area (Å²) in [7, 11) is 0. The Hall–Kier alpha value is -2.07. The zero-order valence-corrected chi connectivity index (χ0v) is 11.6. The van der Waals surface area contributed by atoms with Crippen molar-refractivity contribution in [3.8, 4) is 6.07 Å². The second kappa shape index (κ2) is 8.17. The summed E-state index contributed by atoms with van der Waals surface area (Å²) in [6, 6.07) is 7.07. The molecule has 0 aliphatic rings. The molecule has 0 bridgehead atoms. The lowest BCUT2D eigenvalue weighted by Crippen LogP contribution is -2.21. The number of benzene rings is 1. The largest absolute Gasteiger partial charge is 0.449 e. The zero-order valence-electron chi connectivity index (χ0n) is 10.8. The van der Waals surface area contributed by atoms with Crippen molar-refractivity contribution in [2.45, 2.75) is 12.2 Å². The summed E-state index contributed by atoms with van der Waals surface area (Å²) in [5, 5.41) is 10.3. The molecule has 1 atom stereocenters. The van der Waals surface area contributed by atoms with Gasteiger partial charge in [-0.2, -0.15) is 5.26 Å². The van der Waals surface area contributed by atoms with Gasteiger partial charge in [-0.05, 0) is 31.2 Å². The topological polar surface area (TPSA) is 79.2 Å². The Morgan fingerprint density at radius 2 is 2.10 bits per heavy atom. The van der Waals surface area contributed by atoms with Crippen molar-refractivity contribution >= 4 is 29.3 Å². The van der Waals surface area contributed by atoms with Crippen molar-refractivity contribution in [3.63, 3.8) is 0 Å². The lowest BCUT2D eigenvalue weighted by Gasteiger charge is -2.09. The number of ether oxygens (including phenoxy) is 1. The number of carbonyl (C=O) groups excluding carboxylic acids is 2. The summed E-state index contributed by atoms with van der Waals surface area (Å²) in [5.74, 6) is -1.17. The van der Waals surface area contributed by atoms with Crippen molar-refractivity contribution < 1.29 is 18.7 Å². The summed E-state index contributed by atoms with van der Waals surface area (Å²) in [6.45, 7) is 1.29. The molecule has 1 aromatic rings. The lowest BCUT2D eigenvalue weighted by molar-refractivity contribution is -0.141. The highest BCUT2D eigenvalue weighted by Gasteiger charge is 2.16. The molecule has 0 saturated carbocycles. The average molecular weight is 296 g/mol. The van der Waals surface area contributed by atoms with Gasteiger partial charge in [-0.3, -0.25) is 9.59 Å². The number of nitriles is 1. The standard InChI is InChI=1S/C13H13FN2O3S/c1-9(13(18)19-7-6-15)20-8-12(17)16-11-4-2-10(14)3-5-11/h2-5,9H,7-8H2,1H3,(H,16,17)/t9-/m1/s1. The Balaban J connectivity index is 2.34. The first kappa shape index (κ1) is 16.0. The Labute approximate surface area is 120 Å². The minimum Gasteiger partial charge on any atom is -0.449 e. The van der Waals surface area contributed by atoms with Crippen LogP contribution in [-0.2, 0) is 14.3 Å². The van der Waals surface area contributed by atoms with Gasteiger partial charge in [0.2, 0.25) is 5.91 Å². The highest BCUT2D eigenvalue weighted by Crippen LogP contribution is 2.14. The number of hydrogen-bond donors (Lipinski definition) is 1. The summed E-state index contributed by atoms with van der Waals surface area (Å²) >= 11 is 1.10. The highest BCUT2D eigenvalue weighted by molar-refractivity contribution is 8.01. The maximum absolute atomic E-state index is 12.7. The smallest absolute Gasteiger partial charge is 0.319 e. The highest BCUT2D eigenvalue weighted by atomic mass is 32.2. The average Bonchev–Trinajstić information content (AvgIpc) is 2.44. The predicted octanol–water partition coefficient (Wildman–Crippen LogP) is 1.95. The van der Waals surface area contributed by atoms with E-state index in [4.69, 9.17) is 5.26 Å². The number of rotatable bonds is 6. The first-order chi connectivity index (χ1) is 9.52. The van der Waals surface area contributed by atoms with Crippen LogP contribution >= 0.6 is 11.8 Å². The van der Waals surface area contributed by atoms with Crippen LogP contribution < -0.4 is 5.32 Å². The van der Waals surface area contributed by atoms with E-state index in [9.17, 15) is 14.0 Å². The Morgan fingerprint density at radius 3 is 2.70 bits per heavy atom. The molecule has 0 aliphatic carbocycles. The number of nitrogens with zero attached hydrogens (tertiary/aromatic N) is 1. The van der Waals surface area contributed by atoms with Gasteiger partial charge in [0.15, 0.2) is 6.61 Å². The molecule has 0 fully saturated rings. The molecule has 106 valence electrons. The van der Waals surface area contributed by atoms with Crippen molar-refractivity contribution in [2.24, 2.45) is 0 Å². The Morgan fingerprint density at radius 1 is 1.45 bits per heavy atom. The summed E-state index contributed by atoms with van der Waals surface area (Å²) in [5.41, 5.74) is 0.483. The van der Waals surface area contributed by atoms with Gasteiger partial charge in [0.25, 0.3) is 0 Å². The van der Waals surface area contributed by atoms with E-state index < -0.39 is 11.2 Å². The van der Waals surface area contributed by atoms with Crippen LogP contribution in [0.5, 0.6) is 0 Å². The lowest BCUT2D eigenvalue weighted by atomic mass is 10.3. The minimum absolute atomic E-state index is 0.0558. The molecule has 1 aromatic carbocycles. The van der Waals surface area contributed by atoms with Gasteiger partial charge in [-0.1, -0.05) is 0 Å². The number of esters is 1. The Kier molecular flexibility index (Phi) is 6.53. The van der Waals surface area contributed by atoms with E-state index in [-0.39, 0.29) is 24.1 Å². The number of halogens is 1. The second-order valence-corrected chi connectivity index (χ2v) is 5.10. The second-order valence-electron chi connectivity index (χ2n) is 3.77. The van der Waals surface area contributed by atoms with Crippen LogP contribution in [0, 0.1) is 17.1 Å². The summed E-state index contributed by atoms with van der Waals surface area (Å²) in [4.78, 5) is 23.0. The monoisotopic (exact) mass is 296 g/mol. The minimum atomic E-state index is -0.540. The van der Waals surface area contributed by atoms with Crippen LogP contribution in [0.15, 0.2) is 24.3 Å². The molecule has 0 radical (unpaired) electrons. The van der Waals surface area contributed by atoms with Crippen LogP contribution in [0.3, 0.4) is 0 Å². The molecule has 1 amide bonds. The normalized spacial score (nSPS) is 11.2. The molecule has 7 heteroatoms. The number of thioether (sulfide) groups is 1. The maximum Gasteiger partial charge on any atom is 0.319 e. The predicted molar refractivity (Wildman–Crippen MR) is 73.5 cm³/mol. The van der Waals surface area contributed by atoms with E-state index in [2.05, 4.69) is 10.1 Å². The third-order valence-electron chi connectivity index (χ3n) is 2.20. The number of amides is 1. The maximum atomic E-state index is 12.7. The van der Waals surface area contributed by atoms with Gasteiger partial charge in [0.05, 0.1) is 5.75 Å². The molecule has 0 heterocycles. The summed E-state index contributed by atoms with van der Waals surface area (Å²) < 4.78 is 17.3. The van der Waals surface area contributed by atoms with Crippen molar-refractivity contribution in [1.82, 2.24) is 0 Å². The first-order valence-corrected chi connectivity index (χ1v) is 6.78. The molecule has 1 rings (SSSR count). The third-order valence-corrected chi connectivity index (χ3v) is 3.32. The first-order valence-electron chi connectivity index (χ1n) is 5.73. The van der Waals surface area contributed by atoms with Gasteiger partial charge in [-0.15, -0.1) is 11.8 Å². The van der Waals surface area contributed by atoms with E-state index in [1.807, 2.05) is 0 Å². The van der Waals surface area contributed by atoms with E-state index in [1.54, 1.807) is 13.0 Å². The molecule has 0 aliphatic heterocycles. The van der Waals surface area contributed by atoms with Gasteiger partial charge in [-0.25, -0.2) is 4.39 Å². The third kappa shape index (κ3) is 5.71. The number of anilines is 1. The van der Waals surface area contributed by atoms with Crippen LogP contribution in [0.4, 0.5) is 10.1 Å². The van der Waals surface area contributed by atoms with Gasteiger partial charge in [0.1, 0.15) is 17.1 Å². The SMILES string of the molecule is C[C@@H](SCC(=O)Nc1ccc(F)cc1)C(=O)OCC#N.